The summed E-state index contributed by atoms with van der Waals surface area (Å²) in [5.41, 5.74) is 8.03. The van der Waals surface area contributed by atoms with E-state index >= 15 is 0 Å². The van der Waals surface area contributed by atoms with Crippen LogP contribution in [-0.2, 0) is 0 Å². The van der Waals surface area contributed by atoms with Gasteiger partial charge >= 0.3 is 0 Å². The summed E-state index contributed by atoms with van der Waals surface area (Å²) >= 11 is 4.79. The van der Waals surface area contributed by atoms with E-state index in [1.807, 2.05) is 6.07 Å². The quantitative estimate of drug-likeness (QED) is 0.799. The first-order chi connectivity index (χ1) is 7.50. The molecular formula is C13H19NOS. The van der Waals surface area contributed by atoms with Crippen LogP contribution in [0.3, 0.4) is 0 Å². The highest BCUT2D eigenvalue weighted by Crippen LogP contribution is 2.23. The topological polar surface area (TPSA) is 35.2 Å². The van der Waals surface area contributed by atoms with Crippen LogP contribution in [0.4, 0.5) is 0 Å². The van der Waals surface area contributed by atoms with Gasteiger partial charge in [-0.2, -0.15) is 0 Å². The van der Waals surface area contributed by atoms with Crippen LogP contribution in [0.1, 0.15) is 37.3 Å². The molecule has 2 nitrogen and oxygen atoms in total. The second kappa shape index (κ2) is 5.85. The third-order valence-corrected chi connectivity index (χ3v) is 2.68. The Morgan fingerprint density at radius 1 is 1.44 bits per heavy atom. The maximum Gasteiger partial charge on any atom is 0.119 e. The number of benzene rings is 1. The van der Waals surface area contributed by atoms with Crippen molar-refractivity contribution in [1.29, 1.82) is 0 Å². The standard InChI is InChI=1S/C13H19NOS/c1-9(2)12-5-4-11(8-10(12)3)15-7-6-13(14)16/h4-5,8-9H,6-7H2,1-3H3,(H2,14,16). The molecule has 0 bridgehead atoms. The van der Waals surface area contributed by atoms with Crippen molar-refractivity contribution in [1.82, 2.24) is 0 Å². The molecule has 3 heteroatoms. The Balaban J connectivity index is 2.63. The van der Waals surface area contributed by atoms with Crippen LogP contribution < -0.4 is 10.5 Å². The molecule has 0 saturated carbocycles. The van der Waals surface area contributed by atoms with Crippen molar-refractivity contribution in [3.05, 3.63) is 29.3 Å². The van der Waals surface area contributed by atoms with Crippen LogP contribution in [0.2, 0.25) is 0 Å². The van der Waals surface area contributed by atoms with Crippen molar-refractivity contribution < 1.29 is 4.74 Å². The first-order valence-corrected chi connectivity index (χ1v) is 5.93. The van der Waals surface area contributed by atoms with Crippen molar-refractivity contribution in [3.8, 4) is 5.75 Å². The number of thiocarbonyl (C=S) groups is 1. The molecule has 0 amide bonds. The van der Waals surface area contributed by atoms with Crippen molar-refractivity contribution in [2.45, 2.75) is 33.1 Å². The monoisotopic (exact) mass is 237 g/mol. The minimum Gasteiger partial charge on any atom is -0.493 e. The minimum absolute atomic E-state index is 0.496. The van der Waals surface area contributed by atoms with Gasteiger partial charge in [0, 0.05) is 6.42 Å². The lowest BCUT2D eigenvalue weighted by atomic mass is 9.98. The summed E-state index contributed by atoms with van der Waals surface area (Å²) in [6.07, 6.45) is 0.625. The van der Waals surface area contributed by atoms with Crippen LogP contribution in [0.5, 0.6) is 5.75 Å². The summed E-state index contributed by atoms with van der Waals surface area (Å²) in [5, 5.41) is 0. The third kappa shape index (κ3) is 3.81. The molecular weight excluding hydrogens is 218 g/mol. The molecule has 1 aromatic carbocycles. The Labute approximate surface area is 103 Å². The molecule has 0 aliphatic rings. The number of ether oxygens (including phenoxy) is 1. The van der Waals surface area contributed by atoms with Crippen LogP contribution in [-0.4, -0.2) is 11.6 Å². The third-order valence-electron chi connectivity index (χ3n) is 2.48. The molecule has 88 valence electrons. The second-order valence-corrected chi connectivity index (χ2v) is 4.76. The van der Waals surface area contributed by atoms with E-state index in [-0.39, 0.29) is 0 Å². The van der Waals surface area contributed by atoms with Gasteiger partial charge in [-0.3, -0.25) is 0 Å². The fourth-order valence-electron chi connectivity index (χ4n) is 1.66. The number of aryl methyl sites for hydroxylation is 1. The Bertz CT molecular complexity index is 374. The summed E-state index contributed by atoms with van der Waals surface area (Å²) in [5.74, 6) is 1.43. The van der Waals surface area contributed by atoms with Gasteiger partial charge in [-0.25, -0.2) is 0 Å². The first kappa shape index (κ1) is 13.0. The zero-order valence-electron chi connectivity index (χ0n) is 10.1. The molecule has 0 fully saturated rings. The van der Waals surface area contributed by atoms with E-state index in [1.54, 1.807) is 0 Å². The first-order valence-electron chi connectivity index (χ1n) is 5.52. The second-order valence-electron chi connectivity index (χ2n) is 4.24. The molecule has 0 aliphatic heterocycles. The SMILES string of the molecule is Cc1cc(OCCC(N)=S)ccc1C(C)C. The van der Waals surface area contributed by atoms with Crippen molar-refractivity contribution in [2.75, 3.05) is 6.61 Å². The normalized spacial score (nSPS) is 10.5. The maximum atomic E-state index is 5.56. The van der Waals surface area contributed by atoms with Gasteiger partial charge in [0.15, 0.2) is 0 Å². The lowest BCUT2D eigenvalue weighted by molar-refractivity contribution is 0.329. The fourth-order valence-corrected chi connectivity index (χ4v) is 1.74. The van der Waals surface area contributed by atoms with Gasteiger partial charge in [0.1, 0.15) is 5.75 Å². The Morgan fingerprint density at radius 3 is 2.62 bits per heavy atom. The number of hydrogen-bond acceptors (Lipinski definition) is 2. The highest BCUT2D eigenvalue weighted by molar-refractivity contribution is 7.80. The van der Waals surface area contributed by atoms with Gasteiger partial charge in [0.25, 0.3) is 0 Å². The van der Waals surface area contributed by atoms with Crippen molar-refractivity contribution in [3.63, 3.8) is 0 Å². The molecule has 0 aliphatic carbocycles. The maximum absolute atomic E-state index is 5.56. The van der Waals surface area contributed by atoms with E-state index in [0.717, 1.165) is 5.75 Å². The zero-order chi connectivity index (χ0) is 12.1. The summed E-state index contributed by atoms with van der Waals surface area (Å²) in [6.45, 7) is 7.04. The van der Waals surface area contributed by atoms with Crippen LogP contribution in [0.25, 0.3) is 0 Å². The molecule has 0 aromatic heterocycles. The van der Waals surface area contributed by atoms with Gasteiger partial charge in [0.2, 0.25) is 0 Å². The average Bonchev–Trinajstić information content (AvgIpc) is 2.16. The number of rotatable bonds is 5. The lowest BCUT2D eigenvalue weighted by Crippen LogP contribution is -2.12. The van der Waals surface area contributed by atoms with Gasteiger partial charge in [-0.05, 0) is 36.1 Å². The Hall–Kier alpha value is -1.09. The van der Waals surface area contributed by atoms with E-state index in [2.05, 4.69) is 32.9 Å². The van der Waals surface area contributed by atoms with E-state index < -0.39 is 0 Å². The molecule has 2 N–H and O–H groups in total. The van der Waals surface area contributed by atoms with E-state index in [0.29, 0.717) is 23.9 Å². The zero-order valence-corrected chi connectivity index (χ0v) is 10.9. The van der Waals surface area contributed by atoms with E-state index in [1.165, 1.54) is 11.1 Å². The van der Waals surface area contributed by atoms with Crippen LogP contribution >= 0.6 is 12.2 Å². The molecule has 0 spiro atoms. The van der Waals surface area contributed by atoms with Gasteiger partial charge < -0.3 is 10.5 Å². The summed E-state index contributed by atoms with van der Waals surface area (Å²) in [7, 11) is 0. The van der Waals surface area contributed by atoms with Crippen molar-refractivity contribution >= 4 is 17.2 Å². The lowest BCUT2D eigenvalue weighted by Gasteiger charge is -2.12. The largest absolute Gasteiger partial charge is 0.493 e. The van der Waals surface area contributed by atoms with Crippen LogP contribution in [0, 0.1) is 6.92 Å². The van der Waals surface area contributed by atoms with Gasteiger partial charge in [0.05, 0.1) is 11.6 Å². The average molecular weight is 237 g/mol. The molecule has 0 atom stereocenters. The summed E-state index contributed by atoms with van der Waals surface area (Å²) in [4.78, 5) is 0.496. The minimum atomic E-state index is 0.496. The summed E-state index contributed by atoms with van der Waals surface area (Å²) < 4.78 is 5.56. The van der Waals surface area contributed by atoms with Crippen molar-refractivity contribution in [2.24, 2.45) is 5.73 Å². The van der Waals surface area contributed by atoms with Gasteiger partial charge in [-0.1, -0.05) is 32.1 Å². The predicted octanol–water partition coefficient (Wildman–Crippen LogP) is 3.17. The summed E-state index contributed by atoms with van der Waals surface area (Å²) in [6, 6.07) is 6.19. The van der Waals surface area contributed by atoms with Crippen LogP contribution in [0.15, 0.2) is 18.2 Å². The highest BCUT2D eigenvalue weighted by atomic mass is 32.1. The fraction of sp³-hybridized carbons (Fsp3) is 0.462. The predicted molar refractivity (Wildman–Crippen MR) is 72.2 cm³/mol. The molecule has 0 heterocycles. The molecule has 0 radical (unpaired) electrons. The molecule has 1 rings (SSSR count). The molecule has 1 aromatic rings. The molecule has 0 saturated heterocycles. The number of hydrogen-bond donors (Lipinski definition) is 1. The molecule has 0 unspecified atom stereocenters. The van der Waals surface area contributed by atoms with E-state index in [9.17, 15) is 0 Å². The Kier molecular flexibility index (Phi) is 4.74. The number of nitrogens with two attached hydrogens (primary N) is 1. The highest BCUT2D eigenvalue weighted by Gasteiger charge is 2.04. The molecule has 16 heavy (non-hydrogen) atoms. The smallest absolute Gasteiger partial charge is 0.119 e. The Morgan fingerprint density at radius 2 is 2.12 bits per heavy atom. The van der Waals surface area contributed by atoms with E-state index in [4.69, 9.17) is 22.7 Å². The van der Waals surface area contributed by atoms with Gasteiger partial charge in [-0.15, -0.1) is 0 Å².